The van der Waals surface area contributed by atoms with Gasteiger partial charge in [-0.15, -0.1) is 0 Å². The van der Waals surface area contributed by atoms with Crippen LogP contribution in [0.1, 0.15) is 24.5 Å². The first-order valence-corrected chi connectivity index (χ1v) is 6.19. The zero-order valence-electron chi connectivity index (χ0n) is 10.9. The van der Waals surface area contributed by atoms with E-state index in [1.165, 1.54) is 0 Å². The van der Waals surface area contributed by atoms with Crippen LogP contribution in [0.5, 0.6) is 0 Å². The number of nitriles is 1. The molecule has 0 radical (unpaired) electrons. The summed E-state index contributed by atoms with van der Waals surface area (Å²) < 4.78 is 4.75. The third-order valence-corrected chi connectivity index (χ3v) is 2.50. The van der Waals surface area contributed by atoms with Gasteiger partial charge in [0.15, 0.2) is 0 Å². The van der Waals surface area contributed by atoms with Crippen molar-refractivity contribution in [3.8, 4) is 6.07 Å². The van der Waals surface area contributed by atoms with Crippen molar-refractivity contribution >= 4 is 5.97 Å². The number of ether oxygens (including phenoxy) is 1. The molecule has 2 N–H and O–H groups in total. The Hall–Kier alpha value is -1.90. The van der Waals surface area contributed by atoms with E-state index < -0.39 is 12.1 Å². The van der Waals surface area contributed by atoms with E-state index in [1.807, 2.05) is 12.1 Å². The van der Waals surface area contributed by atoms with E-state index in [0.29, 0.717) is 25.3 Å². The first kappa shape index (κ1) is 15.2. The molecule has 19 heavy (non-hydrogen) atoms. The number of benzene rings is 1. The Morgan fingerprint density at radius 1 is 1.47 bits per heavy atom. The van der Waals surface area contributed by atoms with Gasteiger partial charge < -0.3 is 15.2 Å². The molecule has 0 bridgehead atoms. The van der Waals surface area contributed by atoms with Crippen LogP contribution in [0.3, 0.4) is 0 Å². The molecule has 1 unspecified atom stereocenters. The summed E-state index contributed by atoms with van der Waals surface area (Å²) in [6.07, 6.45) is -0.758. The van der Waals surface area contributed by atoms with Crippen LogP contribution in [-0.2, 0) is 16.1 Å². The number of aliphatic hydroxyl groups is 1. The van der Waals surface area contributed by atoms with Crippen molar-refractivity contribution in [2.45, 2.75) is 26.0 Å². The SMILES string of the molecule is CCOC(=O)CC(O)CNCc1ccc(C#N)cc1. The summed E-state index contributed by atoms with van der Waals surface area (Å²) in [4.78, 5) is 11.1. The van der Waals surface area contributed by atoms with Crippen LogP contribution < -0.4 is 5.32 Å². The molecule has 1 aromatic carbocycles. The van der Waals surface area contributed by atoms with E-state index in [1.54, 1.807) is 19.1 Å². The summed E-state index contributed by atoms with van der Waals surface area (Å²) in [7, 11) is 0. The molecule has 0 aliphatic rings. The lowest BCUT2D eigenvalue weighted by atomic mass is 10.1. The molecule has 0 aliphatic carbocycles. The first-order valence-electron chi connectivity index (χ1n) is 6.19. The molecule has 0 aliphatic heterocycles. The Kier molecular flexibility index (Phi) is 6.58. The third-order valence-electron chi connectivity index (χ3n) is 2.50. The van der Waals surface area contributed by atoms with E-state index in [0.717, 1.165) is 5.56 Å². The monoisotopic (exact) mass is 262 g/mol. The van der Waals surface area contributed by atoms with Gasteiger partial charge in [0.2, 0.25) is 0 Å². The van der Waals surface area contributed by atoms with Crippen molar-refractivity contribution in [2.24, 2.45) is 0 Å². The summed E-state index contributed by atoms with van der Waals surface area (Å²) in [5.41, 5.74) is 1.63. The minimum Gasteiger partial charge on any atom is -0.466 e. The van der Waals surface area contributed by atoms with E-state index >= 15 is 0 Å². The lowest BCUT2D eigenvalue weighted by Crippen LogP contribution is -2.29. The number of esters is 1. The molecule has 0 fully saturated rings. The second-order valence-electron chi connectivity index (χ2n) is 4.10. The Balaban J connectivity index is 2.25. The zero-order valence-corrected chi connectivity index (χ0v) is 10.9. The lowest BCUT2D eigenvalue weighted by molar-refractivity contribution is -0.145. The number of nitrogens with one attached hydrogen (secondary N) is 1. The van der Waals surface area contributed by atoms with Gasteiger partial charge in [-0.3, -0.25) is 4.79 Å². The van der Waals surface area contributed by atoms with Gasteiger partial charge in [0.1, 0.15) is 0 Å². The fraction of sp³-hybridized carbons (Fsp3) is 0.429. The molecular weight excluding hydrogens is 244 g/mol. The first-order chi connectivity index (χ1) is 9.15. The fourth-order valence-corrected chi connectivity index (χ4v) is 1.56. The maximum atomic E-state index is 11.1. The van der Waals surface area contributed by atoms with Crippen molar-refractivity contribution in [3.05, 3.63) is 35.4 Å². The van der Waals surface area contributed by atoms with Crippen LogP contribution in [0, 0.1) is 11.3 Å². The van der Waals surface area contributed by atoms with Crippen molar-refractivity contribution in [2.75, 3.05) is 13.2 Å². The topological polar surface area (TPSA) is 82.3 Å². The largest absolute Gasteiger partial charge is 0.466 e. The molecule has 1 aromatic rings. The highest BCUT2D eigenvalue weighted by Crippen LogP contribution is 2.03. The molecule has 0 heterocycles. The Bertz CT molecular complexity index is 437. The third kappa shape index (κ3) is 6.00. The summed E-state index contributed by atoms with van der Waals surface area (Å²) in [5.74, 6) is -0.393. The highest BCUT2D eigenvalue weighted by molar-refractivity contribution is 5.69. The van der Waals surface area contributed by atoms with Crippen LogP contribution in [0.25, 0.3) is 0 Å². The highest BCUT2D eigenvalue weighted by atomic mass is 16.5. The molecule has 0 spiro atoms. The number of carbonyl (C=O) groups is 1. The van der Waals surface area contributed by atoms with Crippen molar-refractivity contribution in [3.63, 3.8) is 0 Å². The number of carbonyl (C=O) groups excluding carboxylic acids is 1. The van der Waals surface area contributed by atoms with Crippen LogP contribution in [0.15, 0.2) is 24.3 Å². The van der Waals surface area contributed by atoms with Gasteiger partial charge in [-0.05, 0) is 24.6 Å². The van der Waals surface area contributed by atoms with Gasteiger partial charge in [-0.2, -0.15) is 5.26 Å². The quantitative estimate of drug-likeness (QED) is 0.715. The Labute approximate surface area is 112 Å². The minimum atomic E-state index is -0.752. The van der Waals surface area contributed by atoms with Crippen molar-refractivity contribution in [1.82, 2.24) is 5.32 Å². The number of rotatable bonds is 7. The molecule has 0 amide bonds. The molecule has 5 heteroatoms. The molecule has 102 valence electrons. The van der Waals surface area contributed by atoms with Gasteiger partial charge in [0, 0.05) is 13.1 Å². The van der Waals surface area contributed by atoms with E-state index in [4.69, 9.17) is 10.00 Å². The number of aliphatic hydroxyl groups excluding tert-OH is 1. The average molecular weight is 262 g/mol. The fourth-order valence-electron chi connectivity index (χ4n) is 1.56. The molecule has 0 saturated heterocycles. The van der Waals surface area contributed by atoms with E-state index in [-0.39, 0.29) is 6.42 Å². The van der Waals surface area contributed by atoms with Gasteiger partial charge >= 0.3 is 5.97 Å². The van der Waals surface area contributed by atoms with Crippen LogP contribution in [0.4, 0.5) is 0 Å². The van der Waals surface area contributed by atoms with Crippen LogP contribution in [-0.4, -0.2) is 30.3 Å². The Morgan fingerprint density at radius 2 is 2.16 bits per heavy atom. The zero-order chi connectivity index (χ0) is 14.1. The van der Waals surface area contributed by atoms with E-state index in [9.17, 15) is 9.90 Å². The highest BCUT2D eigenvalue weighted by Gasteiger charge is 2.10. The number of hydrogen-bond donors (Lipinski definition) is 2. The van der Waals surface area contributed by atoms with Crippen molar-refractivity contribution < 1.29 is 14.6 Å². The molecule has 1 atom stereocenters. The lowest BCUT2D eigenvalue weighted by Gasteiger charge is -2.11. The molecule has 1 rings (SSSR count). The normalized spacial score (nSPS) is 11.6. The van der Waals surface area contributed by atoms with Gasteiger partial charge in [-0.1, -0.05) is 12.1 Å². The maximum absolute atomic E-state index is 11.1. The molecule has 0 aromatic heterocycles. The van der Waals surface area contributed by atoms with Gasteiger partial charge in [-0.25, -0.2) is 0 Å². The number of hydrogen-bond acceptors (Lipinski definition) is 5. The standard InChI is InChI=1S/C14H18N2O3/c1-2-19-14(18)7-13(17)10-16-9-12-5-3-11(8-15)4-6-12/h3-6,13,16-17H,2,7,9-10H2,1H3. The second-order valence-corrected chi connectivity index (χ2v) is 4.10. The van der Waals surface area contributed by atoms with Crippen LogP contribution in [0.2, 0.25) is 0 Å². The van der Waals surface area contributed by atoms with E-state index in [2.05, 4.69) is 11.4 Å². The maximum Gasteiger partial charge on any atom is 0.308 e. The summed E-state index contributed by atoms with van der Waals surface area (Å²) in [5, 5.41) is 21.3. The van der Waals surface area contributed by atoms with Crippen LogP contribution >= 0.6 is 0 Å². The van der Waals surface area contributed by atoms with Gasteiger partial charge in [0.25, 0.3) is 0 Å². The molecule has 5 nitrogen and oxygen atoms in total. The average Bonchev–Trinajstić information content (AvgIpc) is 2.39. The second kappa shape index (κ2) is 8.25. The van der Waals surface area contributed by atoms with Crippen molar-refractivity contribution in [1.29, 1.82) is 5.26 Å². The number of nitrogens with zero attached hydrogens (tertiary/aromatic N) is 1. The van der Waals surface area contributed by atoms with Gasteiger partial charge in [0.05, 0.1) is 30.8 Å². The minimum absolute atomic E-state index is 0.00574. The summed E-state index contributed by atoms with van der Waals surface area (Å²) >= 11 is 0. The summed E-state index contributed by atoms with van der Waals surface area (Å²) in [6, 6.07) is 9.24. The smallest absolute Gasteiger partial charge is 0.308 e. The predicted octanol–water partition coefficient (Wildman–Crippen LogP) is 0.962. The predicted molar refractivity (Wildman–Crippen MR) is 70.1 cm³/mol. The molecular formula is C14H18N2O3. The summed E-state index contributed by atoms with van der Waals surface area (Å²) in [6.45, 7) is 2.95. The Morgan fingerprint density at radius 3 is 2.74 bits per heavy atom. The molecule has 0 saturated carbocycles.